The Morgan fingerprint density at radius 3 is 2.61 bits per heavy atom. The number of oxime groups is 1. The molecule has 0 spiro atoms. The zero-order chi connectivity index (χ0) is 14.0. The Labute approximate surface area is 105 Å². The van der Waals surface area contributed by atoms with Crippen LogP contribution in [0.1, 0.15) is 13.3 Å². The summed E-state index contributed by atoms with van der Waals surface area (Å²) in [5, 5.41) is 12.1. The summed E-state index contributed by atoms with van der Waals surface area (Å²) in [4.78, 5) is 28.2. The average molecular weight is 256 g/mol. The zero-order valence-electron chi connectivity index (χ0n) is 10.4. The lowest BCUT2D eigenvalue weighted by Gasteiger charge is -2.16. The van der Waals surface area contributed by atoms with E-state index in [0.717, 1.165) is 4.90 Å². The van der Waals surface area contributed by atoms with Crippen molar-refractivity contribution in [3.05, 3.63) is 0 Å². The number of nitriles is 1. The van der Waals surface area contributed by atoms with Crippen molar-refractivity contribution in [1.29, 1.82) is 5.26 Å². The highest BCUT2D eigenvalue weighted by Crippen LogP contribution is 1.97. The van der Waals surface area contributed by atoms with Gasteiger partial charge >= 0.3 is 6.03 Å². The molecule has 0 saturated heterocycles. The maximum atomic E-state index is 11.8. The van der Waals surface area contributed by atoms with Gasteiger partial charge in [0.25, 0.3) is 5.91 Å². The molecule has 0 aromatic rings. The molecule has 0 aliphatic rings. The van der Waals surface area contributed by atoms with Crippen LogP contribution in [0.3, 0.4) is 0 Å². The summed E-state index contributed by atoms with van der Waals surface area (Å²) in [6.07, 6.45) is 0.415. The standard InChI is InChI=1S/C10H16N4O4/c1-3-18-13-8(7-11)9(15)14(10(12)16)5-4-6-17-2/h3-6H2,1-2H3,(H2,12,16). The van der Waals surface area contributed by atoms with E-state index >= 15 is 0 Å². The molecule has 3 amide bonds. The molecule has 0 unspecified atom stereocenters. The van der Waals surface area contributed by atoms with Gasteiger partial charge in [-0.3, -0.25) is 9.69 Å². The van der Waals surface area contributed by atoms with Gasteiger partial charge in [-0.2, -0.15) is 5.26 Å². The van der Waals surface area contributed by atoms with Crippen molar-refractivity contribution >= 4 is 17.6 Å². The van der Waals surface area contributed by atoms with Crippen LogP contribution in [0.5, 0.6) is 0 Å². The second-order valence-corrected chi connectivity index (χ2v) is 3.11. The number of nitrogens with two attached hydrogens (primary N) is 1. The third kappa shape index (κ3) is 5.27. The highest BCUT2D eigenvalue weighted by molar-refractivity contribution is 6.46. The van der Waals surface area contributed by atoms with Crippen molar-refractivity contribution < 1.29 is 19.2 Å². The number of nitrogens with zero attached hydrogens (tertiary/aromatic N) is 3. The molecular formula is C10H16N4O4. The molecule has 0 aromatic carbocycles. The van der Waals surface area contributed by atoms with Crippen LogP contribution in [-0.2, 0) is 14.4 Å². The predicted octanol–water partition coefficient (Wildman–Crippen LogP) is -0.154. The lowest BCUT2D eigenvalue weighted by molar-refractivity contribution is -0.121. The van der Waals surface area contributed by atoms with Gasteiger partial charge in [0, 0.05) is 20.3 Å². The van der Waals surface area contributed by atoms with Crippen molar-refractivity contribution in [2.75, 3.05) is 26.9 Å². The van der Waals surface area contributed by atoms with Crippen molar-refractivity contribution in [1.82, 2.24) is 4.90 Å². The number of hydrogen-bond donors (Lipinski definition) is 1. The maximum Gasteiger partial charge on any atom is 0.321 e. The van der Waals surface area contributed by atoms with Crippen LogP contribution < -0.4 is 5.73 Å². The Kier molecular flexibility index (Phi) is 7.89. The molecule has 0 fully saturated rings. The minimum atomic E-state index is -0.949. The molecule has 18 heavy (non-hydrogen) atoms. The second kappa shape index (κ2) is 8.95. The number of rotatable bonds is 7. The van der Waals surface area contributed by atoms with Crippen LogP contribution in [0.25, 0.3) is 0 Å². The third-order valence-electron chi connectivity index (χ3n) is 1.83. The van der Waals surface area contributed by atoms with Crippen LogP contribution in [-0.4, -0.2) is 49.4 Å². The number of ether oxygens (including phenoxy) is 1. The normalized spacial score (nSPS) is 10.6. The highest BCUT2D eigenvalue weighted by Gasteiger charge is 2.24. The van der Waals surface area contributed by atoms with E-state index < -0.39 is 17.6 Å². The quantitative estimate of drug-likeness (QED) is 0.386. The number of methoxy groups -OCH3 is 1. The van der Waals surface area contributed by atoms with E-state index in [0.29, 0.717) is 13.0 Å². The van der Waals surface area contributed by atoms with Crippen LogP contribution in [0.2, 0.25) is 0 Å². The number of primary amides is 1. The van der Waals surface area contributed by atoms with Crippen molar-refractivity contribution in [3.63, 3.8) is 0 Å². The number of amides is 3. The van der Waals surface area contributed by atoms with Gasteiger partial charge in [-0.05, 0) is 13.3 Å². The number of carbonyl (C=O) groups is 2. The Bertz CT molecular complexity index is 361. The molecular weight excluding hydrogens is 240 g/mol. The Morgan fingerprint density at radius 1 is 1.50 bits per heavy atom. The summed E-state index contributed by atoms with van der Waals surface area (Å²) in [5.74, 6) is -0.880. The molecule has 2 N–H and O–H groups in total. The van der Waals surface area contributed by atoms with Gasteiger partial charge in [-0.25, -0.2) is 4.79 Å². The van der Waals surface area contributed by atoms with Gasteiger partial charge in [0.15, 0.2) is 0 Å². The Balaban J connectivity index is 4.74. The number of hydrogen-bond acceptors (Lipinski definition) is 6. The first kappa shape index (κ1) is 15.9. The summed E-state index contributed by atoms with van der Waals surface area (Å²) >= 11 is 0. The summed E-state index contributed by atoms with van der Waals surface area (Å²) in [6.45, 7) is 2.27. The number of imide groups is 1. The third-order valence-corrected chi connectivity index (χ3v) is 1.83. The first-order valence-electron chi connectivity index (χ1n) is 5.28. The molecule has 0 aliphatic heterocycles. The molecule has 0 bridgehead atoms. The first-order chi connectivity index (χ1) is 8.58. The van der Waals surface area contributed by atoms with Gasteiger partial charge in [0.1, 0.15) is 12.7 Å². The fourth-order valence-electron chi connectivity index (χ4n) is 1.04. The molecule has 0 saturated carbocycles. The molecule has 0 aliphatic carbocycles. The fourth-order valence-corrected chi connectivity index (χ4v) is 1.04. The van der Waals surface area contributed by atoms with Gasteiger partial charge < -0.3 is 15.3 Å². The van der Waals surface area contributed by atoms with E-state index in [9.17, 15) is 9.59 Å². The molecule has 0 rings (SSSR count). The second-order valence-electron chi connectivity index (χ2n) is 3.11. The zero-order valence-corrected chi connectivity index (χ0v) is 10.4. The van der Waals surface area contributed by atoms with Crippen LogP contribution >= 0.6 is 0 Å². The maximum absolute atomic E-state index is 11.8. The van der Waals surface area contributed by atoms with E-state index in [1.165, 1.54) is 7.11 Å². The molecule has 100 valence electrons. The van der Waals surface area contributed by atoms with Crippen LogP contribution in [0.15, 0.2) is 5.16 Å². The van der Waals surface area contributed by atoms with Gasteiger partial charge in [-0.15, -0.1) is 0 Å². The lowest BCUT2D eigenvalue weighted by Crippen LogP contribution is -2.44. The van der Waals surface area contributed by atoms with E-state index in [1.807, 2.05) is 0 Å². The molecule has 8 nitrogen and oxygen atoms in total. The predicted molar refractivity (Wildman–Crippen MR) is 62.5 cm³/mol. The monoisotopic (exact) mass is 256 g/mol. The number of carbonyl (C=O) groups excluding carboxylic acids is 2. The highest BCUT2D eigenvalue weighted by atomic mass is 16.6. The Hall–Kier alpha value is -2.14. The minimum absolute atomic E-state index is 0.0504. The van der Waals surface area contributed by atoms with E-state index in [-0.39, 0.29) is 13.2 Å². The van der Waals surface area contributed by atoms with E-state index in [2.05, 4.69) is 9.99 Å². The first-order valence-corrected chi connectivity index (χ1v) is 5.28. The summed E-state index contributed by atoms with van der Waals surface area (Å²) in [6, 6.07) is 0.609. The van der Waals surface area contributed by atoms with Crippen LogP contribution in [0.4, 0.5) is 4.79 Å². The molecule has 0 heterocycles. The summed E-state index contributed by atoms with van der Waals surface area (Å²) < 4.78 is 4.79. The summed E-state index contributed by atoms with van der Waals surface area (Å²) in [5.41, 5.74) is 4.54. The summed E-state index contributed by atoms with van der Waals surface area (Å²) in [7, 11) is 1.49. The van der Waals surface area contributed by atoms with Crippen molar-refractivity contribution in [3.8, 4) is 6.07 Å². The van der Waals surface area contributed by atoms with Crippen molar-refractivity contribution in [2.24, 2.45) is 10.9 Å². The minimum Gasteiger partial charge on any atom is -0.395 e. The molecule has 0 atom stereocenters. The van der Waals surface area contributed by atoms with Gasteiger partial charge in [0.2, 0.25) is 5.71 Å². The largest absolute Gasteiger partial charge is 0.395 e. The topological polar surface area (TPSA) is 118 Å². The smallest absolute Gasteiger partial charge is 0.321 e. The molecule has 8 heteroatoms. The van der Waals surface area contributed by atoms with Gasteiger partial charge in [0.05, 0.1) is 0 Å². The molecule has 0 radical (unpaired) electrons. The number of urea groups is 1. The molecule has 0 aromatic heterocycles. The average Bonchev–Trinajstić information content (AvgIpc) is 2.35. The lowest BCUT2D eigenvalue weighted by atomic mass is 10.3. The van der Waals surface area contributed by atoms with Gasteiger partial charge in [-0.1, -0.05) is 5.16 Å². The van der Waals surface area contributed by atoms with E-state index in [4.69, 9.17) is 15.7 Å². The fraction of sp³-hybridized carbons (Fsp3) is 0.600. The SMILES string of the molecule is CCON=C(C#N)C(=O)N(CCCOC)C(N)=O. The van der Waals surface area contributed by atoms with Crippen LogP contribution in [0, 0.1) is 11.3 Å². The van der Waals surface area contributed by atoms with Crippen molar-refractivity contribution in [2.45, 2.75) is 13.3 Å². The Morgan fingerprint density at radius 2 is 2.17 bits per heavy atom. The van der Waals surface area contributed by atoms with E-state index in [1.54, 1.807) is 13.0 Å².